The molecule has 6 aromatic carbocycles. The number of benzene rings is 6. The van der Waals surface area contributed by atoms with E-state index < -0.39 is 72.2 Å². The number of nitrogens with zero attached hydrogens (tertiary/aromatic N) is 5. The van der Waals surface area contributed by atoms with E-state index in [1.807, 2.05) is 55.7 Å². The zero-order valence-electron chi connectivity index (χ0n) is 47.3. The third-order valence-corrected chi connectivity index (χ3v) is 10.3. The summed E-state index contributed by atoms with van der Waals surface area (Å²) in [6.07, 6.45) is 3.30. The molecule has 10 rings (SSSR count). The molecule has 10 aromatic rings. The van der Waals surface area contributed by atoms with Crippen molar-refractivity contribution in [3.05, 3.63) is 193 Å². The van der Waals surface area contributed by atoms with E-state index in [4.69, 9.17) is 31.2 Å². The third kappa shape index (κ3) is 8.12. The molecule has 6 nitrogen and oxygen atoms in total. The molecule has 0 saturated carbocycles. The number of rotatable bonds is 8. The first-order valence-electron chi connectivity index (χ1n) is 26.2. The summed E-state index contributed by atoms with van der Waals surface area (Å²) in [4.78, 5) is 9.89. The molecule has 0 N–H and O–H groups in total. The molecule has 0 saturated heterocycles. The molecule has 4 heterocycles. The Labute approximate surface area is 400 Å². The number of imidazole rings is 1. The summed E-state index contributed by atoms with van der Waals surface area (Å²) in [5.41, 5.74) is 4.08. The zero-order chi connectivity index (χ0) is 53.1. The van der Waals surface area contributed by atoms with Crippen LogP contribution in [-0.4, -0.2) is 19.1 Å². The van der Waals surface area contributed by atoms with Crippen molar-refractivity contribution >= 4 is 33.0 Å². The number of pyridine rings is 2. The predicted octanol–water partition coefficient (Wildman–Crippen LogP) is 13.2. The Morgan fingerprint density at radius 1 is 0.714 bits per heavy atom. The van der Waals surface area contributed by atoms with Gasteiger partial charge in [0.15, 0.2) is 0 Å². The minimum absolute atomic E-state index is 0. The van der Waals surface area contributed by atoms with E-state index in [2.05, 4.69) is 39.2 Å². The Kier molecular flexibility index (Phi) is 7.80. The van der Waals surface area contributed by atoms with E-state index in [9.17, 15) is 0 Å². The van der Waals surface area contributed by atoms with E-state index in [1.54, 1.807) is 82.1 Å². The van der Waals surface area contributed by atoms with E-state index in [0.29, 0.717) is 45.1 Å². The number of hydrogen-bond acceptors (Lipinski definition) is 3. The Morgan fingerprint density at radius 3 is 2.10 bits per heavy atom. The molecule has 63 heavy (non-hydrogen) atoms. The van der Waals surface area contributed by atoms with E-state index in [1.165, 1.54) is 0 Å². The maximum Gasteiger partial charge on any atom is 0.268 e. The fourth-order valence-corrected chi connectivity index (χ4v) is 7.65. The molecule has 0 fully saturated rings. The average molecular weight is 1010 g/mol. The average Bonchev–Trinajstić information content (AvgIpc) is 3.93. The van der Waals surface area contributed by atoms with Crippen molar-refractivity contribution in [2.45, 2.75) is 53.3 Å². The van der Waals surface area contributed by atoms with Crippen molar-refractivity contribution in [1.82, 2.24) is 19.1 Å². The number of para-hydroxylation sites is 3. The zero-order valence-corrected chi connectivity index (χ0v) is 37.5. The molecule has 0 unspecified atom stereocenters. The van der Waals surface area contributed by atoms with Gasteiger partial charge in [-0.1, -0.05) is 155 Å². The van der Waals surface area contributed by atoms with Crippen LogP contribution in [0.5, 0.6) is 11.5 Å². The fraction of sp³-hybridized carbons (Fsp3) is 0.161. The van der Waals surface area contributed by atoms with Crippen LogP contribution in [-0.2, 0) is 32.9 Å². The standard InChI is InChI=1S/C56H47N5O.Pt/c1-55(2,3)36-38-31-32-57-52(33-38)61-49-29-30-51(56(4,5)6)58-53(49)46-28-27-43(35-50(46)61)62-42-22-15-21-41(34-42)59-37-60(48-26-14-13-25-47(48)59)54-44(39-17-9-7-10-18-39)23-16-24-45(54)40-19-11-8-12-20-40;/h7-33H,36H2,1-6H3;/q-2;/i7D,8D,9D,10D,11D,12D,17D,18D,19D,20D,36D2;. The second-order valence-electron chi connectivity index (χ2n) is 17.0. The maximum atomic E-state index is 9.07. The van der Waals surface area contributed by atoms with Crippen LogP contribution in [0.2, 0.25) is 0 Å². The van der Waals surface area contributed by atoms with Gasteiger partial charge < -0.3 is 13.9 Å². The SMILES string of the molecule is [2H]c1c([2H])c([2H])c(-c2cccc(-c3c([2H])c([2H])c([2H])c([2H])c3[2H])c2-[n+]2[c-]n(-c3[c-]c(Oc4[c-]c5c(cc4)c4nc(C(C)(C)C)ccc4n5-c4cc(C([2H])([2H])C(C)(C)C)ccn4)ccc3)c3ccccc32)c([2H])c1[2H].[Pt]. The number of fused-ring (bicyclic) bond motifs is 4. The van der Waals surface area contributed by atoms with Crippen LogP contribution in [0.25, 0.3) is 72.4 Å². The van der Waals surface area contributed by atoms with Gasteiger partial charge in [0.25, 0.3) is 6.33 Å². The van der Waals surface area contributed by atoms with E-state index >= 15 is 0 Å². The smallest absolute Gasteiger partial charge is 0.268 e. The molecule has 0 bridgehead atoms. The van der Waals surface area contributed by atoms with Gasteiger partial charge in [-0.25, -0.2) is 4.98 Å². The Hall–Kier alpha value is -6.62. The second kappa shape index (κ2) is 16.6. The van der Waals surface area contributed by atoms with Gasteiger partial charge in [-0.3, -0.25) is 9.55 Å². The van der Waals surface area contributed by atoms with Crippen molar-refractivity contribution in [3.8, 4) is 50.9 Å². The summed E-state index contributed by atoms with van der Waals surface area (Å²) >= 11 is 0. The first kappa shape index (κ1) is 29.6. The molecule has 0 spiro atoms. The third-order valence-electron chi connectivity index (χ3n) is 10.3. The molecule has 7 heteroatoms. The topological polar surface area (TPSA) is 48.8 Å². The molecule has 0 aliphatic rings. The Morgan fingerprint density at radius 2 is 1.40 bits per heavy atom. The molecule has 0 aliphatic carbocycles. The van der Waals surface area contributed by atoms with Crippen molar-refractivity contribution in [3.63, 3.8) is 0 Å². The Balaban J connectivity index is 0.00000689. The summed E-state index contributed by atoms with van der Waals surface area (Å²) in [6, 6.07) is 29.8. The summed E-state index contributed by atoms with van der Waals surface area (Å²) in [7, 11) is 0. The van der Waals surface area contributed by atoms with Crippen molar-refractivity contribution < 1.29 is 46.8 Å². The van der Waals surface area contributed by atoms with Crippen LogP contribution in [0.15, 0.2) is 164 Å². The molecule has 4 aromatic heterocycles. The summed E-state index contributed by atoms with van der Waals surface area (Å²) < 4.78 is 117. The predicted molar refractivity (Wildman–Crippen MR) is 250 cm³/mol. The minimum Gasteiger partial charge on any atom is -0.510 e. The molecule has 0 radical (unpaired) electrons. The molecule has 314 valence electrons. The summed E-state index contributed by atoms with van der Waals surface area (Å²) in [6.45, 7) is 11.9. The van der Waals surface area contributed by atoms with Gasteiger partial charge in [-0.05, 0) is 69.6 Å². The van der Waals surface area contributed by atoms with Crippen molar-refractivity contribution in [1.29, 1.82) is 0 Å². The van der Waals surface area contributed by atoms with Gasteiger partial charge in [-0.15, -0.1) is 24.3 Å². The van der Waals surface area contributed by atoms with E-state index in [-0.39, 0.29) is 54.4 Å². The quantitative estimate of drug-likeness (QED) is 0.113. The summed E-state index contributed by atoms with van der Waals surface area (Å²) in [5.74, 6) is 1.11. The van der Waals surface area contributed by atoms with Crippen LogP contribution in [0.4, 0.5) is 0 Å². The van der Waals surface area contributed by atoms with Gasteiger partial charge in [0.2, 0.25) is 0 Å². The van der Waals surface area contributed by atoms with Crippen molar-refractivity contribution in [2.75, 3.05) is 0 Å². The summed E-state index contributed by atoms with van der Waals surface area (Å²) in [5, 5.41) is 0.784. The van der Waals surface area contributed by atoms with Gasteiger partial charge in [0.05, 0.1) is 35.9 Å². The molecule has 0 aliphatic heterocycles. The van der Waals surface area contributed by atoms with Crippen LogP contribution < -0.4 is 9.30 Å². The monoisotopic (exact) mass is 1010 g/mol. The molecular weight excluding hydrogens is 954 g/mol. The van der Waals surface area contributed by atoms with Crippen molar-refractivity contribution in [2.24, 2.45) is 5.41 Å². The Bertz CT molecular complexity index is 3830. The van der Waals surface area contributed by atoms with E-state index in [0.717, 1.165) is 22.1 Å². The van der Waals surface area contributed by atoms with Gasteiger partial charge >= 0.3 is 0 Å². The molecule has 0 atom stereocenters. The minimum atomic E-state index is -1.69. The largest absolute Gasteiger partial charge is 0.510 e. The first-order chi connectivity index (χ1) is 34.9. The van der Waals surface area contributed by atoms with Gasteiger partial charge in [0.1, 0.15) is 5.82 Å². The fourth-order valence-electron chi connectivity index (χ4n) is 7.65. The number of ether oxygens (including phenoxy) is 1. The number of aromatic nitrogens is 5. The molecule has 0 amide bonds. The van der Waals surface area contributed by atoms with Gasteiger partial charge in [0, 0.05) is 58.1 Å². The molecular formula is C56H47N5OPt-2. The van der Waals surface area contributed by atoms with Crippen LogP contribution in [0.3, 0.4) is 0 Å². The number of hydrogen-bond donors (Lipinski definition) is 0. The first-order valence-corrected chi connectivity index (χ1v) is 20.2. The second-order valence-corrected chi connectivity index (χ2v) is 17.0. The van der Waals surface area contributed by atoms with Crippen LogP contribution in [0, 0.1) is 23.9 Å². The van der Waals surface area contributed by atoms with Gasteiger partial charge in [-0.2, -0.15) is 18.2 Å². The normalized spacial score (nSPS) is 14.8. The van der Waals surface area contributed by atoms with Crippen LogP contribution in [0.1, 0.15) is 69.2 Å². The maximum absolute atomic E-state index is 9.07. The van der Waals surface area contributed by atoms with Crippen LogP contribution >= 0.6 is 0 Å².